The molecule has 0 bridgehead atoms. The molecule has 5 heteroatoms. The summed E-state index contributed by atoms with van der Waals surface area (Å²) < 4.78 is 10.8. The van der Waals surface area contributed by atoms with Crippen LogP contribution in [0.1, 0.15) is 60.9 Å². The molecule has 2 fully saturated rings. The molecule has 2 aromatic rings. The van der Waals surface area contributed by atoms with Crippen LogP contribution in [0.5, 0.6) is 11.5 Å². The number of hydrogen-bond donors (Lipinski definition) is 0. The van der Waals surface area contributed by atoms with Gasteiger partial charge in [-0.05, 0) is 81.0 Å². The monoisotopic (exact) mass is 450 g/mol. The zero-order valence-corrected chi connectivity index (χ0v) is 20.4. The van der Waals surface area contributed by atoms with Crippen molar-refractivity contribution in [2.24, 2.45) is 5.92 Å². The van der Waals surface area contributed by atoms with Crippen LogP contribution in [-0.2, 0) is 0 Å². The summed E-state index contributed by atoms with van der Waals surface area (Å²) in [6.45, 7) is 5.11. The van der Waals surface area contributed by atoms with E-state index in [2.05, 4.69) is 24.0 Å². The van der Waals surface area contributed by atoms with E-state index in [0.717, 1.165) is 30.1 Å². The summed E-state index contributed by atoms with van der Waals surface area (Å²) in [5, 5.41) is 0. The molecule has 0 unspecified atom stereocenters. The molecule has 5 nitrogen and oxygen atoms in total. The summed E-state index contributed by atoms with van der Waals surface area (Å²) in [7, 11) is 3.21. The highest BCUT2D eigenvalue weighted by Gasteiger charge is 2.31. The molecule has 1 amide bonds. The first-order chi connectivity index (χ1) is 16.1. The van der Waals surface area contributed by atoms with Gasteiger partial charge < -0.3 is 14.4 Å². The molecule has 1 atom stereocenters. The Labute approximate surface area is 198 Å². The third-order valence-electron chi connectivity index (χ3n) is 7.30. The Morgan fingerprint density at radius 3 is 2.48 bits per heavy atom. The van der Waals surface area contributed by atoms with E-state index in [4.69, 9.17) is 9.47 Å². The van der Waals surface area contributed by atoms with Crippen molar-refractivity contribution in [2.75, 3.05) is 38.8 Å². The number of rotatable bonds is 8. The van der Waals surface area contributed by atoms with E-state index in [1.165, 1.54) is 45.1 Å². The number of carbonyl (C=O) groups excluding carboxylic acids is 1. The van der Waals surface area contributed by atoms with Crippen LogP contribution >= 0.6 is 0 Å². The molecule has 1 saturated heterocycles. The van der Waals surface area contributed by atoms with Crippen molar-refractivity contribution >= 4 is 11.6 Å². The molecule has 178 valence electrons. The number of amides is 1. The van der Waals surface area contributed by atoms with Crippen LogP contribution < -0.4 is 14.4 Å². The lowest BCUT2D eigenvalue weighted by Crippen LogP contribution is -2.45. The van der Waals surface area contributed by atoms with E-state index in [1.54, 1.807) is 20.3 Å². The maximum Gasteiger partial charge on any atom is 0.258 e. The maximum atomic E-state index is 13.8. The molecule has 4 rings (SSSR count). The molecule has 1 aliphatic heterocycles. The zero-order chi connectivity index (χ0) is 23.2. The number of hydrogen-bond acceptors (Lipinski definition) is 4. The highest BCUT2D eigenvalue weighted by molar-refractivity contribution is 6.06. The molecular weight excluding hydrogens is 412 g/mol. The summed E-state index contributed by atoms with van der Waals surface area (Å²) in [6, 6.07) is 14.1. The van der Waals surface area contributed by atoms with Gasteiger partial charge in [0.15, 0.2) is 11.5 Å². The number of ether oxygens (including phenoxy) is 2. The van der Waals surface area contributed by atoms with Gasteiger partial charge >= 0.3 is 0 Å². The molecule has 0 N–H and O–H groups in total. The van der Waals surface area contributed by atoms with Crippen molar-refractivity contribution in [3.8, 4) is 11.5 Å². The fourth-order valence-corrected chi connectivity index (χ4v) is 5.48. The number of benzene rings is 2. The minimum atomic E-state index is 0.00562. The van der Waals surface area contributed by atoms with Gasteiger partial charge in [-0.3, -0.25) is 9.69 Å². The summed E-state index contributed by atoms with van der Waals surface area (Å²) in [5.41, 5.74) is 2.73. The molecule has 0 aromatic heterocycles. The van der Waals surface area contributed by atoms with Crippen LogP contribution in [0.2, 0.25) is 0 Å². The number of carbonyl (C=O) groups is 1. The number of likely N-dealkylation sites (tertiary alicyclic amines) is 1. The van der Waals surface area contributed by atoms with Crippen molar-refractivity contribution in [1.29, 1.82) is 0 Å². The summed E-state index contributed by atoms with van der Waals surface area (Å²) in [6.07, 6.45) is 9.20. The minimum absolute atomic E-state index is 0.00562. The first-order valence-corrected chi connectivity index (χ1v) is 12.4. The normalized spacial score (nSPS) is 19.4. The molecular formula is C28H38N2O3. The molecule has 33 heavy (non-hydrogen) atoms. The zero-order valence-electron chi connectivity index (χ0n) is 20.4. The van der Waals surface area contributed by atoms with Gasteiger partial charge in [0.1, 0.15) is 0 Å². The summed E-state index contributed by atoms with van der Waals surface area (Å²) >= 11 is 0. The Bertz CT molecular complexity index is 938. The molecule has 0 radical (unpaired) electrons. The predicted molar refractivity (Wildman–Crippen MR) is 134 cm³/mol. The van der Waals surface area contributed by atoms with Crippen molar-refractivity contribution in [3.63, 3.8) is 0 Å². The lowest BCUT2D eigenvalue weighted by molar-refractivity contribution is 0.0975. The van der Waals surface area contributed by atoms with Crippen molar-refractivity contribution in [2.45, 2.75) is 57.9 Å². The first kappa shape index (κ1) is 23.6. The average molecular weight is 451 g/mol. The van der Waals surface area contributed by atoms with Crippen LogP contribution in [0.3, 0.4) is 0 Å². The lowest BCUT2D eigenvalue weighted by atomic mass is 9.89. The summed E-state index contributed by atoms with van der Waals surface area (Å²) in [4.78, 5) is 18.4. The van der Waals surface area contributed by atoms with Crippen LogP contribution in [0.25, 0.3) is 0 Å². The Morgan fingerprint density at radius 2 is 1.76 bits per heavy atom. The summed E-state index contributed by atoms with van der Waals surface area (Å²) in [5.74, 6) is 2.03. The molecule has 1 saturated carbocycles. The van der Waals surface area contributed by atoms with Crippen molar-refractivity contribution in [1.82, 2.24) is 4.90 Å². The van der Waals surface area contributed by atoms with E-state index in [9.17, 15) is 4.79 Å². The van der Waals surface area contributed by atoms with Gasteiger partial charge in [0.05, 0.1) is 14.2 Å². The molecule has 1 heterocycles. The quantitative estimate of drug-likeness (QED) is 0.517. The minimum Gasteiger partial charge on any atom is -0.493 e. The van der Waals surface area contributed by atoms with Crippen LogP contribution in [0, 0.1) is 12.8 Å². The van der Waals surface area contributed by atoms with E-state index in [0.29, 0.717) is 29.6 Å². The standard InChI is InChI=1S/C28H38N2O3/c1-21-9-7-12-24(17-21)30(28(31)23-14-15-26(32-2)27(18-23)33-3)20-25-13-8-16-29(25)19-22-10-5-4-6-11-22/h7,9,12,14-15,17-18,22,25H,4-6,8,10-11,13,16,19-20H2,1-3H3/t25-/m0/s1. The Hall–Kier alpha value is -2.53. The van der Waals surface area contributed by atoms with Crippen LogP contribution in [0.4, 0.5) is 5.69 Å². The van der Waals surface area contributed by atoms with Gasteiger partial charge in [-0.15, -0.1) is 0 Å². The predicted octanol–water partition coefficient (Wildman–Crippen LogP) is 5.70. The lowest BCUT2D eigenvalue weighted by Gasteiger charge is -2.34. The third-order valence-corrected chi connectivity index (χ3v) is 7.30. The SMILES string of the molecule is COc1ccc(C(=O)N(C[C@@H]2CCCN2CC2CCCCC2)c2cccc(C)c2)cc1OC. The van der Waals surface area contributed by atoms with Crippen LogP contribution in [-0.4, -0.2) is 50.7 Å². The molecule has 2 aromatic carbocycles. The second-order valence-corrected chi connectivity index (χ2v) is 9.62. The average Bonchev–Trinajstić information content (AvgIpc) is 3.28. The Balaban J connectivity index is 1.58. The van der Waals surface area contributed by atoms with Crippen LogP contribution in [0.15, 0.2) is 42.5 Å². The largest absolute Gasteiger partial charge is 0.493 e. The van der Waals surface area contributed by atoms with Gasteiger partial charge in [-0.2, -0.15) is 0 Å². The van der Waals surface area contributed by atoms with Gasteiger partial charge in [0, 0.05) is 30.4 Å². The highest BCUT2D eigenvalue weighted by atomic mass is 16.5. The van der Waals surface area contributed by atoms with Crippen molar-refractivity contribution in [3.05, 3.63) is 53.6 Å². The van der Waals surface area contributed by atoms with Gasteiger partial charge in [0.2, 0.25) is 0 Å². The number of nitrogens with zero attached hydrogens (tertiary/aromatic N) is 2. The number of aryl methyl sites for hydroxylation is 1. The highest BCUT2D eigenvalue weighted by Crippen LogP contribution is 2.31. The molecule has 1 aliphatic carbocycles. The van der Waals surface area contributed by atoms with E-state index >= 15 is 0 Å². The van der Waals surface area contributed by atoms with E-state index in [-0.39, 0.29) is 5.91 Å². The second kappa shape index (κ2) is 11.1. The molecule has 0 spiro atoms. The van der Waals surface area contributed by atoms with Crippen molar-refractivity contribution < 1.29 is 14.3 Å². The van der Waals surface area contributed by atoms with E-state index in [1.807, 2.05) is 29.2 Å². The van der Waals surface area contributed by atoms with Gasteiger partial charge in [-0.1, -0.05) is 31.4 Å². The number of methoxy groups -OCH3 is 2. The topological polar surface area (TPSA) is 42.0 Å². The number of anilines is 1. The van der Waals surface area contributed by atoms with Gasteiger partial charge in [-0.25, -0.2) is 0 Å². The first-order valence-electron chi connectivity index (χ1n) is 12.4. The van der Waals surface area contributed by atoms with E-state index < -0.39 is 0 Å². The molecule has 2 aliphatic rings. The smallest absolute Gasteiger partial charge is 0.258 e. The third kappa shape index (κ3) is 5.70. The fourth-order valence-electron chi connectivity index (χ4n) is 5.48. The fraction of sp³-hybridized carbons (Fsp3) is 0.536. The maximum absolute atomic E-state index is 13.8. The Morgan fingerprint density at radius 1 is 0.970 bits per heavy atom. The second-order valence-electron chi connectivity index (χ2n) is 9.62. The van der Waals surface area contributed by atoms with Gasteiger partial charge in [0.25, 0.3) is 5.91 Å². The Kier molecular flexibility index (Phi) is 7.92.